The number of hydrogen-bond donors (Lipinski definition) is 1. The first-order valence-electron chi connectivity index (χ1n) is 6.78. The van der Waals surface area contributed by atoms with E-state index >= 15 is 0 Å². The SMILES string of the molecule is CN1C2CC[C@@H]1C[C@H](c1ccc(Cl)cc1)C2C(=O)O. The summed E-state index contributed by atoms with van der Waals surface area (Å²) < 4.78 is 0. The molecule has 3 rings (SSSR count). The lowest BCUT2D eigenvalue weighted by Gasteiger charge is -2.41. The molecular formula is C15H18ClNO2. The van der Waals surface area contributed by atoms with Crippen LogP contribution in [0.3, 0.4) is 0 Å². The number of halogens is 1. The summed E-state index contributed by atoms with van der Waals surface area (Å²) in [6.45, 7) is 0. The molecule has 0 spiro atoms. The van der Waals surface area contributed by atoms with Gasteiger partial charge in [0.2, 0.25) is 0 Å². The molecule has 3 nitrogen and oxygen atoms in total. The quantitative estimate of drug-likeness (QED) is 0.905. The number of piperidine rings is 1. The van der Waals surface area contributed by atoms with Gasteiger partial charge in [-0.05, 0) is 44.0 Å². The molecule has 2 aliphatic heterocycles. The van der Waals surface area contributed by atoms with E-state index in [4.69, 9.17) is 11.6 Å². The Hall–Kier alpha value is -1.06. The Morgan fingerprint density at radius 2 is 2.00 bits per heavy atom. The number of fused-ring (bicyclic) bond motifs is 2. The molecule has 0 aromatic heterocycles. The number of hydrogen-bond acceptors (Lipinski definition) is 2. The van der Waals surface area contributed by atoms with Crippen molar-refractivity contribution in [3.63, 3.8) is 0 Å². The molecule has 102 valence electrons. The van der Waals surface area contributed by atoms with Crippen LogP contribution >= 0.6 is 11.6 Å². The maximum atomic E-state index is 11.7. The summed E-state index contributed by atoms with van der Waals surface area (Å²) in [7, 11) is 2.07. The van der Waals surface area contributed by atoms with Crippen molar-refractivity contribution in [3.8, 4) is 0 Å². The monoisotopic (exact) mass is 279 g/mol. The molecule has 0 aliphatic carbocycles. The van der Waals surface area contributed by atoms with Gasteiger partial charge in [-0.2, -0.15) is 0 Å². The van der Waals surface area contributed by atoms with E-state index in [0.717, 1.165) is 24.8 Å². The zero-order valence-corrected chi connectivity index (χ0v) is 11.7. The molecule has 4 atom stereocenters. The first-order valence-corrected chi connectivity index (χ1v) is 7.16. The van der Waals surface area contributed by atoms with Gasteiger partial charge in [-0.3, -0.25) is 9.69 Å². The number of benzene rings is 1. The molecule has 1 aromatic rings. The van der Waals surface area contributed by atoms with Gasteiger partial charge in [-0.25, -0.2) is 0 Å². The van der Waals surface area contributed by atoms with Gasteiger partial charge >= 0.3 is 5.97 Å². The molecule has 2 heterocycles. The van der Waals surface area contributed by atoms with Crippen molar-refractivity contribution < 1.29 is 9.90 Å². The van der Waals surface area contributed by atoms with Gasteiger partial charge in [-0.15, -0.1) is 0 Å². The Bertz CT molecular complexity index is 487. The zero-order valence-electron chi connectivity index (χ0n) is 10.9. The third-order valence-corrected chi connectivity index (χ3v) is 5.10. The lowest BCUT2D eigenvalue weighted by atomic mass is 9.76. The zero-order chi connectivity index (χ0) is 13.6. The third kappa shape index (κ3) is 2.15. The Labute approximate surface area is 118 Å². The van der Waals surface area contributed by atoms with E-state index < -0.39 is 5.97 Å². The highest BCUT2D eigenvalue weighted by Crippen LogP contribution is 2.46. The molecule has 4 heteroatoms. The van der Waals surface area contributed by atoms with E-state index in [0.29, 0.717) is 11.1 Å². The molecule has 0 saturated carbocycles. The Kier molecular flexibility index (Phi) is 3.27. The van der Waals surface area contributed by atoms with E-state index in [1.54, 1.807) is 0 Å². The van der Waals surface area contributed by atoms with Crippen molar-refractivity contribution in [2.75, 3.05) is 7.05 Å². The number of carboxylic acids is 1. The second-order valence-corrected chi connectivity index (χ2v) is 6.16. The molecule has 1 aromatic carbocycles. The topological polar surface area (TPSA) is 40.5 Å². The fourth-order valence-electron chi connectivity index (χ4n) is 3.86. The first kappa shape index (κ1) is 12.9. The van der Waals surface area contributed by atoms with E-state index in [2.05, 4.69) is 11.9 Å². The molecule has 2 saturated heterocycles. The Morgan fingerprint density at radius 1 is 1.32 bits per heavy atom. The minimum atomic E-state index is -0.669. The highest BCUT2D eigenvalue weighted by Gasteiger charge is 2.49. The minimum Gasteiger partial charge on any atom is -0.481 e. The maximum Gasteiger partial charge on any atom is 0.308 e. The van der Waals surface area contributed by atoms with Gasteiger partial charge in [0.1, 0.15) is 0 Å². The summed E-state index contributed by atoms with van der Waals surface area (Å²) in [4.78, 5) is 14.0. The third-order valence-electron chi connectivity index (χ3n) is 4.85. The van der Waals surface area contributed by atoms with Gasteiger partial charge in [-0.1, -0.05) is 23.7 Å². The normalized spacial score (nSPS) is 34.4. The summed E-state index contributed by atoms with van der Waals surface area (Å²) in [6, 6.07) is 8.38. The molecular weight excluding hydrogens is 262 g/mol. The van der Waals surface area contributed by atoms with Crippen molar-refractivity contribution in [1.82, 2.24) is 4.90 Å². The molecule has 2 bridgehead atoms. The van der Waals surface area contributed by atoms with E-state index in [-0.39, 0.29) is 17.9 Å². The Morgan fingerprint density at radius 3 is 2.63 bits per heavy atom. The van der Waals surface area contributed by atoms with E-state index in [1.807, 2.05) is 24.3 Å². The van der Waals surface area contributed by atoms with Gasteiger partial charge < -0.3 is 5.11 Å². The van der Waals surface area contributed by atoms with Crippen molar-refractivity contribution >= 4 is 17.6 Å². The van der Waals surface area contributed by atoms with Gasteiger partial charge in [0.15, 0.2) is 0 Å². The molecule has 0 radical (unpaired) electrons. The smallest absolute Gasteiger partial charge is 0.308 e. The predicted molar refractivity (Wildman–Crippen MR) is 74.5 cm³/mol. The summed E-state index contributed by atoms with van der Waals surface area (Å²) >= 11 is 5.92. The average Bonchev–Trinajstić information content (AvgIpc) is 2.63. The van der Waals surface area contributed by atoms with Crippen molar-refractivity contribution in [2.24, 2.45) is 5.92 Å². The maximum absolute atomic E-state index is 11.7. The fraction of sp³-hybridized carbons (Fsp3) is 0.533. The fourth-order valence-corrected chi connectivity index (χ4v) is 3.98. The lowest BCUT2D eigenvalue weighted by molar-refractivity contribution is -0.146. The van der Waals surface area contributed by atoms with Crippen molar-refractivity contribution in [3.05, 3.63) is 34.9 Å². The van der Waals surface area contributed by atoms with E-state index in [9.17, 15) is 9.90 Å². The van der Waals surface area contributed by atoms with Crippen LogP contribution in [-0.2, 0) is 4.79 Å². The van der Waals surface area contributed by atoms with Crippen LogP contribution in [0.15, 0.2) is 24.3 Å². The summed E-state index contributed by atoms with van der Waals surface area (Å²) in [5.41, 5.74) is 1.11. The molecule has 1 N–H and O–H groups in total. The van der Waals surface area contributed by atoms with Crippen LogP contribution in [0.4, 0.5) is 0 Å². The lowest BCUT2D eigenvalue weighted by Crippen LogP contribution is -2.48. The van der Waals surface area contributed by atoms with Crippen molar-refractivity contribution in [1.29, 1.82) is 0 Å². The molecule has 19 heavy (non-hydrogen) atoms. The van der Waals surface area contributed by atoms with Crippen LogP contribution in [0, 0.1) is 5.92 Å². The number of nitrogens with zero attached hydrogens (tertiary/aromatic N) is 1. The second kappa shape index (κ2) is 4.80. The summed E-state index contributed by atoms with van der Waals surface area (Å²) in [5.74, 6) is -0.856. The van der Waals surface area contributed by atoms with Crippen LogP contribution < -0.4 is 0 Å². The highest BCUT2D eigenvalue weighted by molar-refractivity contribution is 6.30. The standard InChI is InChI=1S/C15H18ClNO2/c1-17-11-6-7-13(17)14(15(18)19)12(8-11)9-2-4-10(16)5-3-9/h2-5,11-14H,6-8H2,1H3,(H,18,19)/t11-,12-,13?,14?/m1/s1. The average molecular weight is 280 g/mol. The number of carbonyl (C=O) groups is 1. The molecule has 2 aliphatic rings. The van der Waals surface area contributed by atoms with Gasteiger partial charge in [0, 0.05) is 23.0 Å². The van der Waals surface area contributed by atoms with Gasteiger partial charge in [0.25, 0.3) is 0 Å². The highest BCUT2D eigenvalue weighted by atomic mass is 35.5. The summed E-state index contributed by atoms with van der Waals surface area (Å²) in [5, 5.41) is 10.3. The predicted octanol–water partition coefficient (Wildman–Crippen LogP) is 2.99. The molecule has 2 unspecified atom stereocenters. The summed E-state index contributed by atoms with van der Waals surface area (Å²) in [6.07, 6.45) is 3.06. The minimum absolute atomic E-state index is 0.114. The van der Waals surface area contributed by atoms with Crippen LogP contribution in [0.5, 0.6) is 0 Å². The molecule has 0 amide bonds. The first-order chi connectivity index (χ1) is 9.08. The molecule has 2 fully saturated rings. The number of rotatable bonds is 2. The van der Waals surface area contributed by atoms with Crippen LogP contribution in [0.25, 0.3) is 0 Å². The van der Waals surface area contributed by atoms with Crippen LogP contribution in [-0.4, -0.2) is 35.1 Å². The van der Waals surface area contributed by atoms with Gasteiger partial charge in [0.05, 0.1) is 5.92 Å². The largest absolute Gasteiger partial charge is 0.481 e. The van der Waals surface area contributed by atoms with E-state index in [1.165, 1.54) is 0 Å². The van der Waals surface area contributed by atoms with Crippen molar-refractivity contribution in [2.45, 2.75) is 37.3 Å². The Balaban J connectivity index is 1.95. The number of carboxylic acid groups (broad SMARTS) is 1. The van der Waals surface area contributed by atoms with Crippen LogP contribution in [0.2, 0.25) is 5.02 Å². The number of aliphatic carboxylic acids is 1. The second-order valence-electron chi connectivity index (χ2n) is 5.72. The van der Waals surface area contributed by atoms with Crippen LogP contribution in [0.1, 0.15) is 30.7 Å².